The summed E-state index contributed by atoms with van der Waals surface area (Å²) in [5.74, 6) is -0.605. The summed E-state index contributed by atoms with van der Waals surface area (Å²) in [6.45, 7) is 5.37. The van der Waals surface area contributed by atoms with Gasteiger partial charge < -0.3 is 20.1 Å². The van der Waals surface area contributed by atoms with Gasteiger partial charge in [0, 0.05) is 37.8 Å². The van der Waals surface area contributed by atoms with Crippen LogP contribution >= 0.6 is 0 Å². The highest BCUT2D eigenvalue weighted by atomic mass is 16.6. The zero-order valence-electron chi connectivity index (χ0n) is 26.2. The first-order chi connectivity index (χ1) is 20.4. The quantitative estimate of drug-likeness (QED) is 0.120. The average molecular weight is 593 g/mol. The molecule has 1 fully saturated rings. The maximum absolute atomic E-state index is 12.1. The first-order valence-electron chi connectivity index (χ1n) is 16.5. The Bertz CT molecular complexity index is 1010. The molecule has 2 atom stereocenters. The van der Waals surface area contributed by atoms with Crippen LogP contribution in [0.15, 0.2) is 15.8 Å². The van der Waals surface area contributed by atoms with Crippen molar-refractivity contribution >= 4 is 11.9 Å². The zero-order valence-corrected chi connectivity index (χ0v) is 26.2. The highest BCUT2D eigenvalue weighted by molar-refractivity contribution is 5.81. The molecule has 3 N–H and O–H groups in total. The Kier molecular flexibility index (Phi) is 18.8. The lowest BCUT2D eigenvalue weighted by atomic mass is 10.0. The number of nitrogens with zero attached hydrogens (tertiary/aromatic N) is 1. The molecular formula is C32H56N4O6. The number of carbonyl (C=O) groups excluding carboxylic acids is 2. The lowest BCUT2D eigenvalue weighted by Gasteiger charge is -2.31. The van der Waals surface area contributed by atoms with Gasteiger partial charge >= 0.3 is 11.7 Å². The van der Waals surface area contributed by atoms with E-state index in [-0.39, 0.29) is 25.4 Å². The molecule has 42 heavy (non-hydrogen) atoms. The van der Waals surface area contributed by atoms with E-state index in [1.807, 2.05) is 0 Å². The summed E-state index contributed by atoms with van der Waals surface area (Å²) in [7, 11) is 0. The van der Waals surface area contributed by atoms with Crippen molar-refractivity contribution in [3.8, 4) is 0 Å². The summed E-state index contributed by atoms with van der Waals surface area (Å²) in [6.07, 6.45) is 21.5. The number of hydrogen-bond acceptors (Lipinski definition) is 7. The fourth-order valence-corrected chi connectivity index (χ4v) is 5.21. The fourth-order valence-electron chi connectivity index (χ4n) is 5.21. The Labute approximate surface area is 251 Å². The molecule has 0 spiro atoms. The molecule has 10 heteroatoms. The van der Waals surface area contributed by atoms with Crippen LogP contribution in [0, 0.1) is 6.92 Å². The smallest absolute Gasteiger partial charge is 0.330 e. The topological polar surface area (TPSA) is 132 Å². The lowest BCUT2D eigenvalue weighted by molar-refractivity contribution is -0.155. The van der Waals surface area contributed by atoms with Crippen LogP contribution in [-0.4, -0.2) is 53.8 Å². The summed E-state index contributed by atoms with van der Waals surface area (Å²) in [4.78, 5) is 50.2. The van der Waals surface area contributed by atoms with Crippen LogP contribution in [-0.2, 0) is 19.1 Å². The number of hydrogen-bond donors (Lipinski definition) is 3. The molecular weight excluding hydrogens is 536 g/mol. The molecule has 0 aliphatic carbocycles. The van der Waals surface area contributed by atoms with Gasteiger partial charge in [-0.2, -0.15) is 0 Å². The predicted molar refractivity (Wildman–Crippen MR) is 166 cm³/mol. The van der Waals surface area contributed by atoms with Gasteiger partial charge in [0.2, 0.25) is 5.91 Å². The first kappa shape index (κ1) is 35.7. The second-order valence-corrected chi connectivity index (χ2v) is 11.7. The highest BCUT2D eigenvalue weighted by Crippen LogP contribution is 2.15. The number of rotatable bonds is 23. The Morgan fingerprint density at radius 3 is 2.05 bits per heavy atom. The van der Waals surface area contributed by atoms with Crippen molar-refractivity contribution in [3.05, 3.63) is 32.6 Å². The molecule has 1 amide bonds. The fraction of sp³-hybridized carbons (Fsp3) is 0.812. The number of aromatic amines is 1. The average Bonchev–Trinajstić information content (AvgIpc) is 2.98. The monoisotopic (exact) mass is 592 g/mol. The summed E-state index contributed by atoms with van der Waals surface area (Å²) in [6, 6.07) is 0. The largest absolute Gasteiger partial charge is 0.463 e. The van der Waals surface area contributed by atoms with E-state index in [1.54, 1.807) is 6.92 Å². The van der Waals surface area contributed by atoms with E-state index in [0.29, 0.717) is 25.2 Å². The molecule has 1 aliphatic heterocycles. The molecule has 240 valence electrons. The standard InChI is InChI=1S/C32H56N4O6/c1-3-4-5-6-7-8-9-10-11-12-13-14-15-16-17-18-21-34-28(37)19-20-30(38)41-25-27-22-33-23-29(42-27)36-24-26(2)31(39)35-32(36)40/h24,27,29,33H,3-23,25H2,1-2H3,(H,34,37)(H,35,39,40)/t27-,29+/m0/s1. The first-order valence-corrected chi connectivity index (χ1v) is 16.5. The van der Waals surface area contributed by atoms with Gasteiger partial charge in [0.1, 0.15) is 12.7 Å². The minimum Gasteiger partial charge on any atom is -0.463 e. The maximum atomic E-state index is 12.1. The number of ether oxygens (including phenoxy) is 2. The minimum absolute atomic E-state index is 0.00689. The van der Waals surface area contributed by atoms with Crippen LogP contribution in [0.5, 0.6) is 0 Å². The second-order valence-electron chi connectivity index (χ2n) is 11.7. The molecule has 1 aliphatic rings. The Balaban J connectivity index is 1.41. The third-order valence-electron chi connectivity index (χ3n) is 7.84. The summed E-state index contributed by atoms with van der Waals surface area (Å²) in [5, 5.41) is 6.04. The Morgan fingerprint density at radius 1 is 0.881 bits per heavy atom. The molecule has 0 saturated carbocycles. The number of aryl methyl sites for hydroxylation is 1. The Morgan fingerprint density at radius 2 is 1.45 bits per heavy atom. The van der Waals surface area contributed by atoms with E-state index in [4.69, 9.17) is 9.47 Å². The van der Waals surface area contributed by atoms with Crippen molar-refractivity contribution in [1.82, 2.24) is 20.2 Å². The molecule has 2 heterocycles. The van der Waals surface area contributed by atoms with Crippen LogP contribution < -0.4 is 21.9 Å². The van der Waals surface area contributed by atoms with Crippen LogP contribution in [0.1, 0.15) is 134 Å². The molecule has 1 aromatic rings. The van der Waals surface area contributed by atoms with E-state index < -0.39 is 29.6 Å². The number of carbonyl (C=O) groups is 2. The van der Waals surface area contributed by atoms with Crippen molar-refractivity contribution in [1.29, 1.82) is 0 Å². The lowest BCUT2D eigenvalue weighted by Crippen LogP contribution is -2.48. The molecule has 1 saturated heterocycles. The number of esters is 1. The van der Waals surface area contributed by atoms with Crippen LogP contribution in [0.25, 0.3) is 0 Å². The molecule has 1 aromatic heterocycles. The predicted octanol–water partition coefficient (Wildman–Crippen LogP) is 5.03. The van der Waals surface area contributed by atoms with Crippen LogP contribution in [0.3, 0.4) is 0 Å². The summed E-state index contributed by atoms with van der Waals surface area (Å²) in [5.41, 5.74) is -0.583. The van der Waals surface area contributed by atoms with Crippen molar-refractivity contribution < 1.29 is 19.1 Å². The van der Waals surface area contributed by atoms with Gasteiger partial charge in [-0.25, -0.2) is 4.79 Å². The van der Waals surface area contributed by atoms with Crippen molar-refractivity contribution in [3.63, 3.8) is 0 Å². The molecule has 0 unspecified atom stereocenters. The highest BCUT2D eigenvalue weighted by Gasteiger charge is 2.25. The van der Waals surface area contributed by atoms with Gasteiger partial charge in [-0.15, -0.1) is 0 Å². The number of H-pyrrole nitrogens is 1. The van der Waals surface area contributed by atoms with Crippen molar-refractivity contribution in [2.24, 2.45) is 0 Å². The van der Waals surface area contributed by atoms with E-state index in [1.165, 1.54) is 101 Å². The number of amides is 1. The van der Waals surface area contributed by atoms with Crippen LogP contribution in [0.2, 0.25) is 0 Å². The van der Waals surface area contributed by atoms with E-state index in [2.05, 4.69) is 22.5 Å². The molecule has 10 nitrogen and oxygen atoms in total. The molecule has 2 rings (SSSR count). The van der Waals surface area contributed by atoms with Gasteiger partial charge in [0.15, 0.2) is 6.23 Å². The van der Waals surface area contributed by atoms with E-state index in [0.717, 1.165) is 12.8 Å². The Hall–Kier alpha value is -2.46. The molecule has 0 radical (unpaired) electrons. The van der Waals surface area contributed by atoms with Gasteiger partial charge in [-0.05, 0) is 13.3 Å². The number of nitrogens with one attached hydrogen (secondary N) is 3. The summed E-state index contributed by atoms with van der Waals surface area (Å²) < 4.78 is 12.5. The third kappa shape index (κ3) is 15.7. The number of unbranched alkanes of at least 4 members (excludes halogenated alkanes) is 15. The zero-order chi connectivity index (χ0) is 30.4. The maximum Gasteiger partial charge on any atom is 0.330 e. The molecule has 0 aromatic carbocycles. The third-order valence-corrected chi connectivity index (χ3v) is 7.84. The van der Waals surface area contributed by atoms with Crippen molar-refractivity contribution in [2.75, 3.05) is 26.2 Å². The number of aromatic nitrogens is 2. The van der Waals surface area contributed by atoms with Crippen molar-refractivity contribution in [2.45, 2.75) is 142 Å². The van der Waals surface area contributed by atoms with Crippen LogP contribution in [0.4, 0.5) is 0 Å². The second kappa shape index (κ2) is 22.1. The van der Waals surface area contributed by atoms with Gasteiger partial charge in [-0.1, -0.05) is 103 Å². The van der Waals surface area contributed by atoms with Gasteiger partial charge in [0.05, 0.1) is 6.42 Å². The van der Waals surface area contributed by atoms with E-state index >= 15 is 0 Å². The SMILES string of the molecule is CCCCCCCCCCCCCCCCCCNC(=O)CCC(=O)OC[C@@H]1CNC[C@H](n2cc(C)c(=O)[nH]c2=O)O1. The van der Waals surface area contributed by atoms with Gasteiger partial charge in [0.25, 0.3) is 5.56 Å². The minimum atomic E-state index is -0.624. The number of morpholine rings is 1. The normalized spacial score (nSPS) is 16.8. The molecule has 0 bridgehead atoms. The van der Waals surface area contributed by atoms with E-state index in [9.17, 15) is 19.2 Å². The van der Waals surface area contributed by atoms with Gasteiger partial charge in [-0.3, -0.25) is 23.9 Å². The summed E-state index contributed by atoms with van der Waals surface area (Å²) >= 11 is 0.